The lowest BCUT2D eigenvalue weighted by molar-refractivity contribution is 0.461. The van der Waals surface area contributed by atoms with Crippen LogP contribution in [0.3, 0.4) is 0 Å². The number of nitrogens with zero attached hydrogens (tertiary/aromatic N) is 3. The van der Waals surface area contributed by atoms with Gasteiger partial charge in [0.1, 0.15) is 5.82 Å². The standard InChI is InChI=1S/C16H21FN4/c1-3-21-14(10-19-20-21)9-18-16(12-4-5-12)13-6-7-15(17)11(2)8-13/h6-8,10,12,16,18H,3-5,9H2,1-2H3. The molecule has 1 aliphatic rings. The van der Waals surface area contributed by atoms with Gasteiger partial charge in [0.25, 0.3) is 0 Å². The number of rotatable bonds is 6. The predicted molar refractivity (Wildman–Crippen MR) is 79.1 cm³/mol. The van der Waals surface area contributed by atoms with Gasteiger partial charge >= 0.3 is 0 Å². The smallest absolute Gasteiger partial charge is 0.126 e. The van der Waals surface area contributed by atoms with Gasteiger partial charge in [-0.25, -0.2) is 9.07 Å². The monoisotopic (exact) mass is 288 g/mol. The lowest BCUT2D eigenvalue weighted by Crippen LogP contribution is -2.24. The molecule has 0 saturated heterocycles. The van der Waals surface area contributed by atoms with Crippen molar-refractivity contribution in [2.45, 2.75) is 45.8 Å². The van der Waals surface area contributed by atoms with Crippen LogP contribution in [-0.4, -0.2) is 15.0 Å². The molecule has 1 fully saturated rings. The molecule has 112 valence electrons. The molecule has 21 heavy (non-hydrogen) atoms. The topological polar surface area (TPSA) is 42.7 Å². The molecule has 1 heterocycles. The molecular formula is C16H21FN4. The lowest BCUT2D eigenvalue weighted by atomic mass is 10.00. The molecule has 0 bridgehead atoms. The van der Waals surface area contributed by atoms with Crippen molar-refractivity contribution in [2.75, 3.05) is 0 Å². The predicted octanol–water partition coefficient (Wildman–Crippen LogP) is 2.99. The Bertz CT molecular complexity index is 618. The van der Waals surface area contributed by atoms with Gasteiger partial charge < -0.3 is 5.32 Å². The van der Waals surface area contributed by atoms with Crippen LogP contribution in [0.25, 0.3) is 0 Å². The Hall–Kier alpha value is -1.75. The van der Waals surface area contributed by atoms with Crippen molar-refractivity contribution in [3.63, 3.8) is 0 Å². The minimum absolute atomic E-state index is 0.137. The van der Waals surface area contributed by atoms with Crippen LogP contribution in [0.5, 0.6) is 0 Å². The zero-order valence-corrected chi connectivity index (χ0v) is 12.5. The van der Waals surface area contributed by atoms with E-state index in [9.17, 15) is 4.39 Å². The second-order valence-electron chi connectivity index (χ2n) is 5.75. The number of hydrogen-bond donors (Lipinski definition) is 1. The first-order chi connectivity index (χ1) is 10.2. The van der Waals surface area contributed by atoms with Crippen molar-refractivity contribution in [2.24, 2.45) is 5.92 Å². The van der Waals surface area contributed by atoms with Crippen molar-refractivity contribution >= 4 is 0 Å². The van der Waals surface area contributed by atoms with Gasteiger partial charge in [-0.05, 0) is 49.8 Å². The van der Waals surface area contributed by atoms with Gasteiger partial charge in [-0.2, -0.15) is 0 Å². The second-order valence-corrected chi connectivity index (χ2v) is 5.75. The summed E-state index contributed by atoms with van der Waals surface area (Å²) in [4.78, 5) is 0. The SMILES string of the molecule is CCn1nncc1CNC(c1ccc(F)c(C)c1)C1CC1. The molecular weight excluding hydrogens is 267 g/mol. The number of hydrogen-bond acceptors (Lipinski definition) is 3. The Kier molecular flexibility index (Phi) is 4.01. The van der Waals surface area contributed by atoms with Crippen molar-refractivity contribution < 1.29 is 4.39 Å². The van der Waals surface area contributed by atoms with Crippen molar-refractivity contribution in [3.8, 4) is 0 Å². The third-order valence-electron chi connectivity index (χ3n) is 4.14. The fraction of sp³-hybridized carbons (Fsp3) is 0.500. The summed E-state index contributed by atoms with van der Waals surface area (Å²) >= 11 is 0. The molecule has 1 aliphatic carbocycles. The molecule has 1 atom stereocenters. The first-order valence-electron chi connectivity index (χ1n) is 7.56. The van der Waals surface area contributed by atoms with Crippen LogP contribution in [0.2, 0.25) is 0 Å². The Morgan fingerprint density at radius 3 is 2.90 bits per heavy atom. The Balaban J connectivity index is 1.74. The van der Waals surface area contributed by atoms with Crippen LogP contribution in [-0.2, 0) is 13.1 Å². The quantitative estimate of drug-likeness (QED) is 0.888. The van der Waals surface area contributed by atoms with Crippen molar-refractivity contribution in [1.29, 1.82) is 0 Å². The maximum atomic E-state index is 13.4. The van der Waals surface area contributed by atoms with E-state index in [2.05, 4.69) is 22.6 Å². The minimum atomic E-state index is -0.137. The second kappa shape index (κ2) is 5.93. The maximum Gasteiger partial charge on any atom is 0.126 e. The van der Waals surface area contributed by atoms with Crippen LogP contribution in [0.1, 0.15) is 42.6 Å². The average molecular weight is 288 g/mol. The Morgan fingerprint density at radius 1 is 1.43 bits per heavy atom. The highest BCUT2D eigenvalue weighted by Gasteiger charge is 2.32. The van der Waals surface area contributed by atoms with Gasteiger partial charge in [0.05, 0.1) is 11.9 Å². The van der Waals surface area contributed by atoms with E-state index in [0.29, 0.717) is 11.5 Å². The molecule has 0 aliphatic heterocycles. The number of nitrogens with one attached hydrogen (secondary N) is 1. The molecule has 0 radical (unpaired) electrons. The van der Waals surface area contributed by atoms with E-state index in [4.69, 9.17) is 0 Å². The summed E-state index contributed by atoms with van der Waals surface area (Å²) < 4.78 is 15.3. The van der Waals surface area contributed by atoms with E-state index < -0.39 is 0 Å². The highest BCUT2D eigenvalue weighted by molar-refractivity contribution is 5.28. The highest BCUT2D eigenvalue weighted by Crippen LogP contribution is 2.41. The summed E-state index contributed by atoms with van der Waals surface area (Å²) in [6, 6.07) is 5.71. The van der Waals surface area contributed by atoms with Crippen LogP contribution in [0.15, 0.2) is 24.4 Å². The zero-order valence-electron chi connectivity index (χ0n) is 12.5. The number of benzene rings is 1. The van der Waals surface area contributed by atoms with Crippen molar-refractivity contribution in [3.05, 3.63) is 47.0 Å². The highest BCUT2D eigenvalue weighted by atomic mass is 19.1. The number of aryl methyl sites for hydroxylation is 2. The average Bonchev–Trinajstić information content (AvgIpc) is 3.21. The maximum absolute atomic E-state index is 13.4. The third-order valence-corrected chi connectivity index (χ3v) is 4.14. The molecule has 1 saturated carbocycles. The van der Waals surface area contributed by atoms with Gasteiger partial charge in [-0.15, -0.1) is 5.10 Å². The first-order valence-corrected chi connectivity index (χ1v) is 7.56. The van der Waals surface area contributed by atoms with Gasteiger partial charge in [-0.1, -0.05) is 17.3 Å². The molecule has 3 rings (SSSR count). The van der Waals surface area contributed by atoms with Gasteiger partial charge in [0, 0.05) is 19.1 Å². The van der Waals surface area contributed by atoms with Gasteiger partial charge in [0.2, 0.25) is 0 Å². The van der Waals surface area contributed by atoms with Crippen LogP contribution in [0, 0.1) is 18.7 Å². The molecule has 0 amide bonds. The first kappa shape index (κ1) is 14.2. The fourth-order valence-electron chi connectivity index (χ4n) is 2.74. The van der Waals surface area contributed by atoms with Crippen LogP contribution in [0.4, 0.5) is 4.39 Å². The van der Waals surface area contributed by atoms with E-state index in [-0.39, 0.29) is 11.9 Å². The molecule has 2 aromatic rings. The molecule has 1 aromatic heterocycles. The minimum Gasteiger partial charge on any atom is -0.304 e. The third kappa shape index (κ3) is 3.13. The molecule has 1 N–H and O–H groups in total. The summed E-state index contributed by atoms with van der Waals surface area (Å²) in [5.74, 6) is 0.516. The summed E-state index contributed by atoms with van der Waals surface area (Å²) in [6.07, 6.45) is 4.27. The normalized spacial score (nSPS) is 16.1. The largest absolute Gasteiger partial charge is 0.304 e. The Morgan fingerprint density at radius 2 is 2.24 bits per heavy atom. The molecule has 4 nitrogen and oxygen atoms in total. The van der Waals surface area contributed by atoms with Gasteiger partial charge in [-0.3, -0.25) is 0 Å². The number of halogens is 1. The Labute approximate surface area is 124 Å². The van der Waals surface area contributed by atoms with E-state index in [1.165, 1.54) is 18.4 Å². The fourth-order valence-corrected chi connectivity index (χ4v) is 2.74. The number of aromatic nitrogens is 3. The van der Waals surface area contributed by atoms with E-state index in [0.717, 1.165) is 18.8 Å². The van der Waals surface area contributed by atoms with E-state index in [1.807, 2.05) is 23.7 Å². The zero-order chi connectivity index (χ0) is 14.8. The van der Waals surface area contributed by atoms with E-state index in [1.54, 1.807) is 12.3 Å². The summed E-state index contributed by atoms with van der Waals surface area (Å²) in [5.41, 5.74) is 2.97. The molecule has 0 spiro atoms. The summed E-state index contributed by atoms with van der Waals surface area (Å²) in [5, 5.41) is 11.6. The van der Waals surface area contributed by atoms with Gasteiger partial charge in [0.15, 0.2) is 0 Å². The van der Waals surface area contributed by atoms with E-state index >= 15 is 0 Å². The molecule has 1 aromatic carbocycles. The van der Waals surface area contributed by atoms with Crippen LogP contribution >= 0.6 is 0 Å². The molecule has 1 unspecified atom stereocenters. The van der Waals surface area contributed by atoms with Crippen molar-refractivity contribution in [1.82, 2.24) is 20.3 Å². The molecule has 5 heteroatoms. The lowest BCUT2D eigenvalue weighted by Gasteiger charge is -2.19. The summed E-state index contributed by atoms with van der Waals surface area (Å²) in [6.45, 7) is 5.43. The van der Waals surface area contributed by atoms with Crippen LogP contribution < -0.4 is 5.32 Å². The summed E-state index contributed by atoms with van der Waals surface area (Å²) in [7, 11) is 0.